The zero-order valence-corrected chi connectivity index (χ0v) is 15.2. The van der Waals surface area contributed by atoms with Gasteiger partial charge in [-0.15, -0.1) is 0 Å². The van der Waals surface area contributed by atoms with Crippen molar-refractivity contribution in [3.63, 3.8) is 0 Å². The van der Waals surface area contributed by atoms with Gasteiger partial charge >= 0.3 is 0 Å². The van der Waals surface area contributed by atoms with Gasteiger partial charge in [-0.1, -0.05) is 72.8 Å². The molecule has 0 fully saturated rings. The van der Waals surface area contributed by atoms with Crippen molar-refractivity contribution in [2.75, 3.05) is 11.9 Å². The summed E-state index contributed by atoms with van der Waals surface area (Å²) in [6.45, 7) is 0.614. The predicted octanol–water partition coefficient (Wildman–Crippen LogP) is 3.76. The molecule has 0 saturated carbocycles. The lowest BCUT2D eigenvalue weighted by atomic mass is 10.0. The first-order valence-corrected chi connectivity index (χ1v) is 9.02. The van der Waals surface area contributed by atoms with Crippen molar-refractivity contribution in [3.8, 4) is 0 Å². The van der Waals surface area contributed by atoms with E-state index in [1.807, 2.05) is 72.8 Å². The second-order valence-corrected chi connectivity index (χ2v) is 6.46. The second-order valence-electron chi connectivity index (χ2n) is 6.46. The van der Waals surface area contributed by atoms with Gasteiger partial charge in [0.2, 0.25) is 5.91 Å². The Hall–Kier alpha value is -2.95. The number of benzene rings is 3. The molecule has 4 nitrogen and oxygen atoms in total. The van der Waals surface area contributed by atoms with Gasteiger partial charge in [0.1, 0.15) is 6.04 Å². The number of amides is 1. The van der Waals surface area contributed by atoms with Gasteiger partial charge in [-0.25, -0.2) is 0 Å². The van der Waals surface area contributed by atoms with Crippen LogP contribution in [0.25, 0.3) is 0 Å². The molecule has 3 aromatic carbocycles. The van der Waals surface area contributed by atoms with Crippen molar-refractivity contribution in [1.29, 1.82) is 0 Å². The summed E-state index contributed by atoms with van der Waals surface area (Å²) in [6.07, 6.45) is 0.863. The van der Waals surface area contributed by atoms with E-state index in [1.165, 1.54) is 11.1 Å². The van der Waals surface area contributed by atoms with Gasteiger partial charge in [-0.2, -0.15) is 0 Å². The minimum atomic E-state index is -0.710. The zero-order chi connectivity index (χ0) is 18.9. The van der Waals surface area contributed by atoms with Crippen LogP contribution in [0, 0.1) is 0 Å². The maximum absolute atomic E-state index is 12.2. The molecule has 3 aromatic rings. The second kappa shape index (κ2) is 9.67. The highest BCUT2D eigenvalue weighted by Crippen LogP contribution is 2.14. The lowest BCUT2D eigenvalue weighted by Gasteiger charge is -2.13. The molecule has 3 N–H and O–H groups in total. The number of carbonyl (C=O) groups excluding carboxylic acids is 1. The fraction of sp³-hybridized carbons (Fsp3) is 0.174. The van der Waals surface area contributed by atoms with Gasteiger partial charge in [0.25, 0.3) is 0 Å². The van der Waals surface area contributed by atoms with E-state index in [0.29, 0.717) is 6.61 Å². The zero-order valence-electron chi connectivity index (χ0n) is 15.2. The van der Waals surface area contributed by atoms with Crippen LogP contribution in [-0.4, -0.2) is 18.6 Å². The van der Waals surface area contributed by atoms with Crippen LogP contribution in [0.1, 0.15) is 16.7 Å². The Bertz CT molecular complexity index is 833. The molecule has 0 saturated heterocycles. The maximum atomic E-state index is 12.2. The highest BCUT2D eigenvalue weighted by Gasteiger charge is 2.14. The normalized spacial score (nSPS) is 11.7. The summed E-state index contributed by atoms with van der Waals surface area (Å²) in [5.74, 6) is -0.251. The van der Waals surface area contributed by atoms with Crippen molar-refractivity contribution >= 4 is 11.6 Å². The van der Waals surface area contributed by atoms with E-state index in [0.717, 1.165) is 17.7 Å². The summed E-state index contributed by atoms with van der Waals surface area (Å²) in [5.41, 5.74) is 10.2. The molecule has 3 rings (SSSR count). The molecule has 0 aromatic heterocycles. The summed E-state index contributed by atoms with van der Waals surface area (Å²) in [6, 6.07) is 27.2. The quantitative estimate of drug-likeness (QED) is 0.643. The fourth-order valence-corrected chi connectivity index (χ4v) is 2.73. The molecule has 27 heavy (non-hydrogen) atoms. The average molecular weight is 360 g/mol. The number of carbonyl (C=O) groups is 1. The van der Waals surface area contributed by atoms with Crippen molar-refractivity contribution in [1.82, 2.24) is 0 Å². The van der Waals surface area contributed by atoms with Crippen molar-refractivity contribution < 1.29 is 9.53 Å². The Morgan fingerprint density at radius 2 is 1.37 bits per heavy atom. The van der Waals surface area contributed by atoms with E-state index in [1.54, 1.807) is 0 Å². The van der Waals surface area contributed by atoms with Gasteiger partial charge in [-0.3, -0.25) is 4.79 Å². The van der Waals surface area contributed by atoms with Crippen LogP contribution < -0.4 is 11.1 Å². The third-order valence-corrected chi connectivity index (χ3v) is 4.22. The van der Waals surface area contributed by atoms with Crippen LogP contribution in [0.15, 0.2) is 84.9 Å². The molecule has 0 aliphatic rings. The van der Waals surface area contributed by atoms with Crippen LogP contribution in [0.3, 0.4) is 0 Å². The van der Waals surface area contributed by atoms with Gasteiger partial charge in [-0.05, 0) is 35.2 Å². The Morgan fingerprint density at radius 3 is 2.00 bits per heavy atom. The van der Waals surface area contributed by atoms with E-state index in [-0.39, 0.29) is 12.5 Å². The fourth-order valence-electron chi connectivity index (χ4n) is 2.73. The summed E-state index contributed by atoms with van der Waals surface area (Å²) in [5, 5.41) is 2.84. The average Bonchev–Trinajstić information content (AvgIpc) is 2.71. The molecular formula is C23H24N2O2. The first-order chi connectivity index (χ1) is 13.2. The number of nitrogens with one attached hydrogen (secondary N) is 1. The smallest absolute Gasteiger partial charge is 0.243 e. The van der Waals surface area contributed by atoms with Crippen LogP contribution in [-0.2, 0) is 22.6 Å². The van der Waals surface area contributed by atoms with Gasteiger partial charge in [0, 0.05) is 5.69 Å². The highest BCUT2D eigenvalue weighted by atomic mass is 16.5. The van der Waals surface area contributed by atoms with Gasteiger partial charge in [0.05, 0.1) is 13.2 Å². The first kappa shape index (κ1) is 18.8. The van der Waals surface area contributed by atoms with Crippen LogP contribution in [0.5, 0.6) is 0 Å². The molecule has 0 aliphatic carbocycles. The Labute approximate surface area is 160 Å². The molecule has 138 valence electrons. The Balaban J connectivity index is 1.45. The van der Waals surface area contributed by atoms with Gasteiger partial charge < -0.3 is 15.8 Å². The molecule has 0 bridgehead atoms. The molecule has 4 heteroatoms. The number of hydrogen-bond acceptors (Lipinski definition) is 3. The minimum absolute atomic E-state index is 0.173. The van der Waals surface area contributed by atoms with Gasteiger partial charge in [0.15, 0.2) is 0 Å². The maximum Gasteiger partial charge on any atom is 0.243 e. The van der Waals surface area contributed by atoms with E-state index >= 15 is 0 Å². The summed E-state index contributed by atoms with van der Waals surface area (Å²) in [4.78, 5) is 12.2. The standard InChI is InChI=1S/C23H24N2O2/c24-22(17-27-16-20-9-5-2-6-10-20)23(26)25-21-13-11-19(12-14-21)15-18-7-3-1-4-8-18/h1-14,22H,15-17,24H2,(H,25,26)/t22-/m0/s1. The SMILES string of the molecule is N[C@@H](COCc1ccccc1)C(=O)Nc1ccc(Cc2ccccc2)cc1. The topological polar surface area (TPSA) is 64.3 Å². The number of anilines is 1. The molecule has 0 unspecified atom stereocenters. The molecule has 0 aliphatic heterocycles. The Morgan fingerprint density at radius 1 is 0.815 bits per heavy atom. The van der Waals surface area contributed by atoms with E-state index in [4.69, 9.17) is 10.5 Å². The lowest BCUT2D eigenvalue weighted by Crippen LogP contribution is -2.39. The monoisotopic (exact) mass is 360 g/mol. The molecular weight excluding hydrogens is 336 g/mol. The van der Waals surface area contributed by atoms with Crippen LogP contribution >= 0.6 is 0 Å². The molecule has 0 heterocycles. The molecule has 1 atom stereocenters. The summed E-state index contributed by atoms with van der Waals surface area (Å²) in [7, 11) is 0. The van der Waals surface area contributed by atoms with E-state index in [2.05, 4.69) is 17.4 Å². The summed E-state index contributed by atoms with van der Waals surface area (Å²) < 4.78 is 5.54. The molecule has 1 amide bonds. The van der Waals surface area contributed by atoms with Crippen molar-refractivity contribution in [3.05, 3.63) is 102 Å². The minimum Gasteiger partial charge on any atom is -0.375 e. The van der Waals surface area contributed by atoms with Crippen LogP contribution in [0.4, 0.5) is 5.69 Å². The van der Waals surface area contributed by atoms with E-state index in [9.17, 15) is 4.79 Å². The number of ether oxygens (including phenoxy) is 1. The summed E-state index contributed by atoms with van der Waals surface area (Å²) >= 11 is 0. The number of rotatable bonds is 8. The molecule has 0 radical (unpaired) electrons. The Kier molecular flexibility index (Phi) is 6.74. The first-order valence-electron chi connectivity index (χ1n) is 9.02. The number of hydrogen-bond donors (Lipinski definition) is 2. The van der Waals surface area contributed by atoms with E-state index < -0.39 is 6.04 Å². The number of nitrogens with two attached hydrogens (primary N) is 1. The van der Waals surface area contributed by atoms with Crippen molar-refractivity contribution in [2.45, 2.75) is 19.1 Å². The van der Waals surface area contributed by atoms with Crippen LogP contribution in [0.2, 0.25) is 0 Å². The largest absolute Gasteiger partial charge is 0.375 e. The highest BCUT2D eigenvalue weighted by molar-refractivity contribution is 5.94. The third-order valence-electron chi connectivity index (χ3n) is 4.22. The lowest BCUT2D eigenvalue weighted by molar-refractivity contribution is -0.118. The third kappa shape index (κ3) is 6.06. The predicted molar refractivity (Wildman–Crippen MR) is 108 cm³/mol. The van der Waals surface area contributed by atoms with Crippen molar-refractivity contribution in [2.24, 2.45) is 5.73 Å². The molecule has 0 spiro atoms.